The molecule has 0 nitrogen and oxygen atoms in total. The minimum absolute atomic E-state index is 0.190. The van der Waals surface area contributed by atoms with Gasteiger partial charge in [0.2, 0.25) is 0 Å². The molecule has 0 atom stereocenters. The van der Waals surface area contributed by atoms with Gasteiger partial charge in [-0.1, -0.05) is 0 Å². The van der Waals surface area contributed by atoms with Crippen LogP contribution in [0, 0.1) is 11.6 Å². The summed E-state index contributed by atoms with van der Waals surface area (Å²) in [7, 11) is 0. The van der Waals surface area contributed by atoms with Gasteiger partial charge in [0.15, 0.2) is 0 Å². The zero-order valence-electron chi connectivity index (χ0n) is 10.4. The van der Waals surface area contributed by atoms with Crippen molar-refractivity contribution in [1.82, 2.24) is 0 Å². The molecule has 0 unspecified atom stereocenters. The van der Waals surface area contributed by atoms with Crippen molar-refractivity contribution in [2.45, 2.75) is 17.7 Å². The van der Waals surface area contributed by atoms with Crippen molar-refractivity contribution in [3.8, 4) is 0 Å². The van der Waals surface area contributed by atoms with E-state index in [4.69, 9.17) is 0 Å². The van der Waals surface area contributed by atoms with Crippen LogP contribution in [0.5, 0.6) is 0 Å². The number of rotatable bonds is 3. The van der Waals surface area contributed by atoms with Crippen LogP contribution < -0.4 is 7.02 Å². The van der Waals surface area contributed by atoms with Crippen LogP contribution in [0.3, 0.4) is 0 Å². The maximum absolute atomic E-state index is 13.3. The first-order valence-electron chi connectivity index (χ1n) is 5.88. The van der Waals surface area contributed by atoms with Crippen molar-refractivity contribution in [3.63, 3.8) is 0 Å². The van der Waals surface area contributed by atoms with Gasteiger partial charge >= 0.3 is 114 Å². The molecule has 0 spiro atoms. The van der Waals surface area contributed by atoms with Crippen LogP contribution in [0.2, 0.25) is 3.86 Å². The van der Waals surface area contributed by atoms with Gasteiger partial charge < -0.3 is 0 Å². The summed E-state index contributed by atoms with van der Waals surface area (Å²) in [6.45, 7) is 4.33. The quantitative estimate of drug-likeness (QED) is 0.743. The van der Waals surface area contributed by atoms with Gasteiger partial charge in [-0.3, -0.25) is 0 Å². The summed E-state index contributed by atoms with van der Waals surface area (Å²) in [4.78, 5) is 0. The molecule has 2 rings (SSSR count). The van der Waals surface area contributed by atoms with Crippen LogP contribution in [0.15, 0.2) is 48.5 Å². The molecule has 0 amide bonds. The molecule has 3 heteroatoms. The van der Waals surface area contributed by atoms with E-state index in [1.807, 2.05) is 18.2 Å². The van der Waals surface area contributed by atoms with E-state index in [2.05, 4.69) is 13.8 Å². The number of benzene rings is 2. The monoisotopic (exact) mass is 354 g/mol. The molecule has 0 aliphatic rings. The van der Waals surface area contributed by atoms with Crippen LogP contribution in [-0.4, -0.2) is 20.2 Å². The van der Waals surface area contributed by atoms with Gasteiger partial charge in [0.25, 0.3) is 0 Å². The molecule has 2 aromatic rings. The van der Waals surface area contributed by atoms with Crippen molar-refractivity contribution >= 4 is 27.2 Å². The van der Waals surface area contributed by atoms with E-state index in [-0.39, 0.29) is 11.6 Å². The third-order valence-corrected chi connectivity index (χ3v) is 10.5. The molecule has 0 aliphatic carbocycles. The van der Waals surface area contributed by atoms with Crippen LogP contribution in [0.1, 0.15) is 13.8 Å². The second-order valence-electron chi connectivity index (χ2n) is 4.42. The summed E-state index contributed by atoms with van der Waals surface area (Å²) in [5.41, 5.74) is 0. The van der Waals surface area contributed by atoms with E-state index >= 15 is 0 Å². The first-order chi connectivity index (χ1) is 8.58. The summed E-state index contributed by atoms with van der Waals surface area (Å²) in [5, 5.41) is 0. The molecule has 0 fully saturated rings. The topological polar surface area (TPSA) is 0 Å². The molecule has 18 heavy (non-hydrogen) atoms. The number of hydrogen-bond donors (Lipinski definition) is 0. The normalized spacial score (nSPS) is 11.2. The molecule has 0 aliphatic heterocycles. The Morgan fingerprint density at radius 3 is 2.06 bits per heavy atom. The predicted octanol–water partition coefficient (Wildman–Crippen LogP) is 2.98. The molecule has 0 radical (unpaired) electrons. The Hall–Kier alpha value is -0.882. The van der Waals surface area contributed by atoms with E-state index < -0.39 is 20.2 Å². The first kappa shape index (κ1) is 13.5. The number of halogens is 2. The van der Waals surface area contributed by atoms with Gasteiger partial charge in [-0.2, -0.15) is 0 Å². The fourth-order valence-corrected chi connectivity index (χ4v) is 9.02. The molecular weight excluding hydrogens is 340 g/mol. The van der Waals surface area contributed by atoms with Crippen LogP contribution >= 0.6 is 0 Å². The Labute approximate surface area is 114 Å². The minimum atomic E-state index is -1.98. The van der Waals surface area contributed by atoms with Gasteiger partial charge in [0, 0.05) is 0 Å². The Morgan fingerprint density at radius 2 is 1.50 bits per heavy atom. The summed E-state index contributed by atoms with van der Waals surface area (Å²) in [6, 6.07) is 13.5. The van der Waals surface area contributed by atoms with E-state index in [0.29, 0.717) is 3.86 Å². The van der Waals surface area contributed by atoms with Gasteiger partial charge in [0.05, 0.1) is 0 Å². The van der Waals surface area contributed by atoms with Crippen molar-refractivity contribution in [2.24, 2.45) is 0 Å². The summed E-state index contributed by atoms with van der Waals surface area (Å²) >= 11 is -1.98. The van der Waals surface area contributed by atoms with Crippen LogP contribution in [0.25, 0.3) is 0 Å². The van der Waals surface area contributed by atoms with Crippen molar-refractivity contribution in [3.05, 3.63) is 60.2 Å². The standard InChI is InChI=1S/2C6H4F.C3H7.Sb/c2*7-6-4-2-1-3-5-6;1-3-2;/h2-5H;1-2,4-5H;3H,1-2H3;. The second-order valence-corrected chi connectivity index (χ2v) is 12.4. The van der Waals surface area contributed by atoms with E-state index in [9.17, 15) is 8.78 Å². The van der Waals surface area contributed by atoms with E-state index in [1.54, 1.807) is 12.1 Å². The van der Waals surface area contributed by atoms with Crippen molar-refractivity contribution in [1.29, 1.82) is 0 Å². The van der Waals surface area contributed by atoms with Crippen LogP contribution in [-0.2, 0) is 0 Å². The molecule has 0 N–H and O–H groups in total. The molecule has 0 bridgehead atoms. The van der Waals surface area contributed by atoms with Crippen molar-refractivity contribution < 1.29 is 8.78 Å². The fourth-order valence-electron chi connectivity index (χ4n) is 1.97. The number of hydrogen-bond acceptors (Lipinski definition) is 0. The molecular formula is C15H15F2Sb. The fraction of sp³-hybridized carbons (Fsp3) is 0.200. The molecule has 0 aromatic heterocycles. The molecule has 2 aromatic carbocycles. The summed E-state index contributed by atoms with van der Waals surface area (Å²) < 4.78 is 29.1. The third-order valence-electron chi connectivity index (χ3n) is 2.71. The second kappa shape index (κ2) is 5.84. The van der Waals surface area contributed by atoms with Gasteiger partial charge in [0.1, 0.15) is 0 Å². The molecule has 94 valence electrons. The molecule has 0 heterocycles. The Bertz CT molecular complexity index is 520. The molecule has 0 saturated carbocycles. The molecule has 0 saturated heterocycles. The Morgan fingerprint density at radius 1 is 0.833 bits per heavy atom. The average Bonchev–Trinajstić information content (AvgIpc) is 2.32. The Balaban J connectivity index is 2.43. The maximum atomic E-state index is 13.3. The van der Waals surface area contributed by atoms with Gasteiger partial charge in [-0.15, -0.1) is 0 Å². The van der Waals surface area contributed by atoms with E-state index in [1.165, 1.54) is 21.7 Å². The SMILES string of the molecule is C[CH](C)[Sb]([c]1ccc(F)cc1)[c]1cccc(F)c1. The van der Waals surface area contributed by atoms with Crippen molar-refractivity contribution in [2.75, 3.05) is 0 Å². The van der Waals surface area contributed by atoms with E-state index in [0.717, 1.165) is 3.51 Å². The Kier molecular flexibility index (Phi) is 4.39. The zero-order chi connectivity index (χ0) is 13.1. The predicted molar refractivity (Wildman–Crippen MR) is 72.9 cm³/mol. The van der Waals surface area contributed by atoms with Gasteiger partial charge in [-0.25, -0.2) is 0 Å². The zero-order valence-corrected chi connectivity index (χ0v) is 13.0. The summed E-state index contributed by atoms with van der Waals surface area (Å²) in [6.07, 6.45) is 0. The van der Waals surface area contributed by atoms with Gasteiger partial charge in [-0.05, 0) is 0 Å². The summed E-state index contributed by atoms with van der Waals surface area (Å²) in [5.74, 6) is -0.410. The van der Waals surface area contributed by atoms with Crippen LogP contribution in [0.4, 0.5) is 8.78 Å². The third kappa shape index (κ3) is 3.11. The first-order valence-corrected chi connectivity index (χ1v) is 9.91. The average molecular weight is 355 g/mol.